The first kappa shape index (κ1) is 18.2. The lowest BCUT2D eigenvalue weighted by Crippen LogP contribution is -2.27. The zero-order valence-corrected chi connectivity index (χ0v) is 15.7. The van der Waals surface area contributed by atoms with E-state index in [1.165, 1.54) is 6.07 Å². The number of fused-ring (bicyclic) bond motifs is 1. The van der Waals surface area contributed by atoms with Gasteiger partial charge < -0.3 is 5.32 Å². The van der Waals surface area contributed by atoms with E-state index < -0.39 is 16.1 Å². The molecule has 25 heavy (non-hydrogen) atoms. The number of nitrogens with one attached hydrogen (secondary N) is 2. The zero-order chi connectivity index (χ0) is 18.2. The Morgan fingerprint density at radius 1 is 1.08 bits per heavy atom. The normalized spacial score (nSPS) is 15.4. The number of aryl methyl sites for hydroxylation is 1. The minimum absolute atomic E-state index is 0.0607. The fourth-order valence-electron chi connectivity index (χ4n) is 2.68. The monoisotopic (exact) mass is 398 g/mol. The molecule has 3 rings (SSSR count). The molecule has 1 unspecified atom stereocenters. The highest BCUT2D eigenvalue weighted by atomic mass is 35.5. The van der Waals surface area contributed by atoms with Crippen LogP contribution in [0.2, 0.25) is 10.0 Å². The maximum absolute atomic E-state index is 12.7. The summed E-state index contributed by atoms with van der Waals surface area (Å²) in [5.74, 6) is -0.0607. The summed E-state index contributed by atoms with van der Waals surface area (Å²) in [6.45, 7) is 1.73. The van der Waals surface area contributed by atoms with Crippen LogP contribution >= 0.6 is 23.2 Å². The van der Waals surface area contributed by atoms with Gasteiger partial charge in [0, 0.05) is 18.2 Å². The number of carbonyl (C=O) groups is 1. The Morgan fingerprint density at radius 3 is 2.56 bits per heavy atom. The van der Waals surface area contributed by atoms with Crippen LogP contribution in [0.4, 0.5) is 5.69 Å². The zero-order valence-electron chi connectivity index (χ0n) is 13.3. The van der Waals surface area contributed by atoms with Gasteiger partial charge >= 0.3 is 0 Å². The van der Waals surface area contributed by atoms with Gasteiger partial charge in [-0.1, -0.05) is 29.3 Å². The van der Waals surface area contributed by atoms with E-state index in [0.717, 1.165) is 5.56 Å². The number of hydrogen-bond acceptors (Lipinski definition) is 3. The van der Waals surface area contributed by atoms with Crippen molar-refractivity contribution in [3.63, 3.8) is 0 Å². The molecule has 0 saturated carbocycles. The van der Waals surface area contributed by atoms with Gasteiger partial charge in [0.1, 0.15) is 0 Å². The molecule has 132 valence electrons. The highest BCUT2D eigenvalue weighted by molar-refractivity contribution is 7.89. The van der Waals surface area contributed by atoms with Gasteiger partial charge in [-0.25, -0.2) is 13.1 Å². The molecule has 0 aliphatic carbocycles. The molecule has 0 saturated heterocycles. The molecule has 5 nitrogen and oxygen atoms in total. The predicted octanol–water partition coefficient (Wildman–Crippen LogP) is 3.92. The molecule has 1 aliphatic rings. The number of amides is 1. The average molecular weight is 399 g/mol. The van der Waals surface area contributed by atoms with Crippen molar-refractivity contribution in [1.29, 1.82) is 0 Å². The molecule has 1 atom stereocenters. The molecular formula is C17H16Cl2N2O3S. The molecule has 2 aromatic rings. The Balaban J connectivity index is 1.84. The smallest absolute Gasteiger partial charge is 0.241 e. The van der Waals surface area contributed by atoms with Gasteiger partial charge in [0.2, 0.25) is 15.9 Å². The van der Waals surface area contributed by atoms with Crippen molar-refractivity contribution in [2.24, 2.45) is 0 Å². The minimum atomic E-state index is -3.72. The number of rotatable bonds is 4. The lowest BCUT2D eigenvalue weighted by atomic mass is 10.0. The molecule has 0 bridgehead atoms. The van der Waals surface area contributed by atoms with Crippen molar-refractivity contribution < 1.29 is 13.2 Å². The van der Waals surface area contributed by atoms with Crippen LogP contribution in [0.25, 0.3) is 0 Å². The highest BCUT2D eigenvalue weighted by Gasteiger charge is 2.22. The Kier molecular flexibility index (Phi) is 5.06. The van der Waals surface area contributed by atoms with Crippen molar-refractivity contribution in [2.75, 3.05) is 5.32 Å². The van der Waals surface area contributed by atoms with Crippen LogP contribution < -0.4 is 10.0 Å². The predicted molar refractivity (Wildman–Crippen MR) is 98.6 cm³/mol. The van der Waals surface area contributed by atoms with Crippen LogP contribution in [-0.4, -0.2) is 14.3 Å². The second kappa shape index (κ2) is 6.96. The van der Waals surface area contributed by atoms with Crippen LogP contribution in [0.1, 0.15) is 30.5 Å². The maximum Gasteiger partial charge on any atom is 0.241 e. The van der Waals surface area contributed by atoms with E-state index >= 15 is 0 Å². The number of anilines is 1. The lowest BCUT2D eigenvalue weighted by molar-refractivity contribution is -0.116. The van der Waals surface area contributed by atoms with Crippen LogP contribution in [-0.2, 0) is 21.2 Å². The molecule has 0 fully saturated rings. The van der Waals surface area contributed by atoms with Gasteiger partial charge in [-0.3, -0.25) is 4.79 Å². The summed E-state index contributed by atoms with van der Waals surface area (Å²) in [6.07, 6.45) is 0.872. The third-order valence-corrected chi connectivity index (χ3v) is 6.34. The average Bonchev–Trinajstić information content (AvgIpc) is 2.56. The van der Waals surface area contributed by atoms with E-state index in [1.54, 1.807) is 37.3 Å². The van der Waals surface area contributed by atoms with Crippen molar-refractivity contribution in [1.82, 2.24) is 4.72 Å². The van der Waals surface area contributed by atoms with Gasteiger partial charge in [0.05, 0.1) is 14.9 Å². The molecule has 1 aliphatic heterocycles. The fourth-order valence-corrected chi connectivity index (χ4v) is 4.27. The first-order chi connectivity index (χ1) is 11.8. The van der Waals surface area contributed by atoms with E-state index in [4.69, 9.17) is 23.2 Å². The molecule has 1 heterocycles. The maximum atomic E-state index is 12.7. The summed E-state index contributed by atoms with van der Waals surface area (Å²) in [4.78, 5) is 11.6. The summed E-state index contributed by atoms with van der Waals surface area (Å²) in [5.41, 5.74) is 2.18. The van der Waals surface area contributed by atoms with E-state index in [2.05, 4.69) is 10.0 Å². The van der Waals surface area contributed by atoms with Gasteiger partial charge in [-0.2, -0.15) is 0 Å². The number of carbonyl (C=O) groups excluding carboxylic acids is 1. The summed E-state index contributed by atoms with van der Waals surface area (Å²) in [5, 5.41) is 3.52. The topological polar surface area (TPSA) is 75.3 Å². The molecule has 2 aromatic carbocycles. The van der Waals surface area contributed by atoms with Crippen LogP contribution in [0.15, 0.2) is 41.3 Å². The van der Waals surface area contributed by atoms with E-state index in [-0.39, 0.29) is 10.8 Å². The summed E-state index contributed by atoms with van der Waals surface area (Å²) < 4.78 is 28.0. The fraction of sp³-hybridized carbons (Fsp3) is 0.235. The molecule has 0 aromatic heterocycles. The quantitative estimate of drug-likeness (QED) is 0.819. The summed E-state index contributed by atoms with van der Waals surface area (Å²) in [7, 11) is -3.72. The molecule has 8 heteroatoms. The molecule has 0 spiro atoms. The highest BCUT2D eigenvalue weighted by Crippen LogP contribution is 2.28. The van der Waals surface area contributed by atoms with Gasteiger partial charge in [-0.05, 0) is 54.8 Å². The van der Waals surface area contributed by atoms with E-state index in [0.29, 0.717) is 34.1 Å². The number of benzene rings is 2. The standard InChI is InChI=1S/C17H16Cl2N2O3S/c1-10(11-2-5-14(18)15(19)9-11)21-25(23,24)13-4-6-16-12(8-13)3-7-17(22)20-16/h2,4-6,8-10,21H,3,7H2,1H3,(H,20,22). The van der Waals surface area contributed by atoms with E-state index in [1.807, 2.05) is 0 Å². The minimum Gasteiger partial charge on any atom is -0.326 e. The van der Waals surface area contributed by atoms with Gasteiger partial charge in [0.25, 0.3) is 0 Å². The lowest BCUT2D eigenvalue weighted by Gasteiger charge is -2.19. The molecule has 2 N–H and O–H groups in total. The first-order valence-electron chi connectivity index (χ1n) is 7.66. The van der Waals surface area contributed by atoms with Crippen molar-refractivity contribution >= 4 is 44.8 Å². The Hall–Kier alpha value is -1.60. The third kappa shape index (κ3) is 3.98. The first-order valence-corrected chi connectivity index (χ1v) is 9.90. The van der Waals surface area contributed by atoms with Crippen LogP contribution in [0.3, 0.4) is 0 Å². The van der Waals surface area contributed by atoms with Gasteiger partial charge in [-0.15, -0.1) is 0 Å². The Labute approximate surface area is 156 Å². The number of hydrogen-bond donors (Lipinski definition) is 2. The molecule has 0 radical (unpaired) electrons. The third-order valence-electron chi connectivity index (χ3n) is 4.06. The summed E-state index contributed by atoms with van der Waals surface area (Å²) in [6, 6.07) is 9.21. The van der Waals surface area contributed by atoms with E-state index in [9.17, 15) is 13.2 Å². The Bertz CT molecular complexity index is 945. The van der Waals surface area contributed by atoms with Crippen LogP contribution in [0, 0.1) is 0 Å². The second-order valence-electron chi connectivity index (χ2n) is 5.88. The second-order valence-corrected chi connectivity index (χ2v) is 8.41. The number of halogens is 2. The van der Waals surface area contributed by atoms with Gasteiger partial charge in [0.15, 0.2) is 0 Å². The summed E-state index contributed by atoms with van der Waals surface area (Å²) >= 11 is 11.9. The molecule has 1 amide bonds. The van der Waals surface area contributed by atoms with Crippen molar-refractivity contribution in [2.45, 2.75) is 30.7 Å². The SMILES string of the molecule is CC(NS(=O)(=O)c1ccc2c(c1)CCC(=O)N2)c1ccc(Cl)c(Cl)c1. The van der Waals surface area contributed by atoms with Crippen LogP contribution in [0.5, 0.6) is 0 Å². The largest absolute Gasteiger partial charge is 0.326 e. The van der Waals surface area contributed by atoms with Crippen molar-refractivity contribution in [3.05, 3.63) is 57.6 Å². The van der Waals surface area contributed by atoms with Crippen molar-refractivity contribution in [3.8, 4) is 0 Å². The molecular weight excluding hydrogens is 383 g/mol. The Morgan fingerprint density at radius 2 is 1.84 bits per heavy atom. The number of sulfonamides is 1.